The van der Waals surface area contributed by atoms with Crippen molar-refractivity contribution in [3.63, 3.8) is 0 Å². The molecule has 0 spiro atoms. The number of anilines is 1. The lowest BCUT2D eigenvalue weighted by molar-refractivity contribution is -0.150. The van der Waals surface area contributed by atoms with E-state index in [1.807, 2.05) is 0 Å². The molecule has 0 unspecified atom stereocenters. The van der Waals surface area contributed by atoms with Crippen molar-refractivity contribution in [3.8, 4) is 0 Å². The lowest BCUT2D eigenvalue weighted by Gasteiger charge is -2.22. The van der Waals surface area contributed by atoms with E-state index >= 15 is 0 Å². The molecule has 1 fully saturated rings. The summed E-state index contributed by atoms with van der Waals surface area (Å²) < 4.78 is 0. The average Bonchev–Trinajstić information content (AvgIpc) is 2.85. The third-order valence-electron chi connectivity index (χ3n) is 3.52. The summed E-state index contributed by atoms with van der Waals surface area (Å²) in [6.07, 6.45) is 3.73. The third-order valence-corrected chi connectivity index (χ3v) is 4.26. The van der Waals surface area contributed by atoms with Gasteiger partial charge >= 0.3 is 5.97 Å². The zero-order valence-electron chi connectivity index (χ0n) is 10.5. The largest absolute Gasteiger partial charge is 0.481 e. The molecule has 8 heteroatoms. The number of aliphatic carboxylic acids is 1. The van der Waals surface area contributed by atoms with E-state index in [0.29, 0.717) is 12.8 Å². The minimum atomic E-state index is -0.979. The van der Waals surface area contributed by atoms with Crippen LogP contribution in [0, 0.1) is 5.41 Å². The lowest BCUT2D eigenvalue weighted by Crippen LogP contribution is -2.33. The Balaban J connectivity index is 2.09. The number of halogens is 2. The molecular weight excluding hydrogens is 305 g/mol. The van der Waals surface area contributed by atoms with Gasteiger partial charge in [-0.05, 0) is 12.8 Å². The molecule has 0 aromatic carbocycles. The molecule has 0 bridgehead atoms. The van der Waals surface area contributed by atoms with Crippen LogP contribution in [0.3, 0.4) is 0 Å². The first kappa shape index (κ1) is 15.0. The fraction of sp³-hybridized carbons (Fsp3) is 0.500. The lowest BCUT2D eigenvalue weighted by atomic mass is 9.82. The third kappa shape index (κ3) is 3.02. The van der Waals surface area contributed by atoms with Crippen molar-refractivity contribution in [1.29, 1.82) is 0 Å². The van der Waals surface area contributed by atoms with Gasteiger partial charge in [-0.2, -0.15) is 0 Å². The minimum Gasteiger partial charge on any atom is -0.481 e. The Morgan fingerprint density at radius 1 is 1.30 bits per heavy atom. The highest BCUT2D eigenvalue weighted by Gasteiger charge is 2.43. The van der Waals surface area contributed by atoms with E-state index in [1.54, 1.807) is 0 Å². The number of carboxylic acids is 1. The van der Waals surface area contributed by atoms with Crippen LogP contribution in [0.2, 0.25) is 10.2 Å². The summed E-state index contributed by atoms with van der Waals surface area (Å²) in [5.41, 5.74) is -0.979. The molecule has 1 aliphatic carbocycles. The Hall–Kier alpha value is -1.40. The van der Waals surface area contributed by atoms with Crippen molar-refractivity contribution >= 4 is 40.9 Å². The Morgan fingerprint density at radius 2 is 1.95 bits per heavy atom. The molecule has 1 aliphatic rings. The summed E-state index contributed by atoms with van der Waals surface area (Å²) in [4.78, 5) is 30.9. The topological polar surface area (TPSA) is 92.2 Å². The number of aromatic nitrogens is 2. The predicted molar refractivity (Wildman–Crippen MR) is 73.8 cm³/mol. The standard InChI is InChI=1S/C12H13Cl2N3O3/c13-8-9(14)15-6-16-10(8)17-7(18)5-12(11(19)20)3-1-2-4-12/h6H,1-5H2,(H,19,20)(H,15,16,17,18). The number of nitrogens with one attached hydrogen (secondary N) is 1. The van der Waals surface area contributed by atoms with Crippen molar-refractivity contribution in [1.82, 2.24) is 9.97 Å². The highest BCUT2D eigenvalue weighted by atomic mass is 35.5. The smallest absolute Gasteiger partial charge is 0.310 e. The van der Waals surface area contributed by atoms with Crippen LogP contribution in [0.4, 0.5) is 5.82 Å². The quantitative estimate of drug-likeness (QED) is 0.833. The van der Waals surface area contributed by atoms with Gasteiger partial charge in [-0.3, -0.25) is 9.59 Å². The van der Waals surface area contributed by atoms with Gasteiger partial charge < -0.3 is 10.4 Å². The zero-order chi connectivity index (χ0) is 14.8. The SMILES string of the molecule is O=C(CC1(C(=O)O)CCCC1)Nc1ncnc(Cl)c1Cl. The van der Waals surface area contributed by atoms with Gasteiger partial charge in [0.05, 0.1) is 5.41 Å². The first-order chi connectivity index (χ1) is 9.44. The Labute approximate surface area is 125 Å². The van der Waals surface area contributed by atoms with E-state index in [1.165, 1.54) is 6.33 Å². The van der Waals surface area contributed by atoms with Crippen molar-refractivity contribution in [2.24, 2.45) is 5.41 Å². The first-order valence-electron chi connectivity index (χ1n) is 6.14. The van der Waals surface area contributed by atoms with Crippen LogP contribution in [0.1, 0.15) is 32.1 Å². The van der Waals surface area contributed by atoms with Gasteiger partial charge in [0, 0.05) is 6.42 Å². The summed E-state index contributed by atoms with van der Waals surface area (Å²) in [6, 6.07) is 0. The molecule has 0 radical (unpaired) electrons. The molecule has 1 heterocycles. The van der Waals surface area contributed by atoms with Gasteiger partial charge in [-0.15, -0.1) is 0 Å². The number of hydrogen-bond acceptors (Lipinski definition) is 4. The molecule has 20 heavy (non-hydrogen) atoms. The maximum absolute atomic E-state index is 12.0. The number of nitrogens with zero attached hydrogens (tertiary/aromatic N) is 2. The molecule has 0 aliphatic heterocycles. The van der Waals surface area contributed by atoms with E-state index in [0.717, 1.165) is 12.8 Å². The molecule has 1 aromatic rings. The van der Waals surface area contributed by atoms with Crippen molar-refractivity contribution < 1.29 is 14.7 Å². The van der Waals surface area contributed by atoms with Crippen LogP contribution in [0.5, 0.6) is 0 Å². The highest BCUT2D eigenvalue weighted by Crippen LogP contribution is 2.41. The van der Waals surface area contributed by atoms with E-state index in [4.69, 9.17) is 23.2 Å². The van der Waals surface area contributed by atoms with Crippen molar-refractivity contribution in [2.45, 2.75) is 32.1 Å². The molecule has 0 saturated heterocycles. The Kier molecular flexibility index (Phi) is 4.45. The molecule has 2 N–H and O–H groups in total. The van der Waals surface area contributed by atoms with Crippen LogP contribution in [-0.4, -0.2) is 27.0 Å². The number of rotatable bonds is 4. The second-order valence-corrected chi connectivity index (χ2v) is 5.58. The van der Waals surface area contributed by atoms with Crippen molar-refractivity contribution in [3.05, 3.63) is 16.5 Å². The molecule has 1 amide bonds. The van der Waals surface area contributed by atoms with E-state index in [-0.39, 0.29) is 22.4 Å². The van der Waals surface area contributed by atoms with Crippen LogP contribution < -0.4 is 5.32 Å². The van der Waals surface area contributed by atoms with Gasteiger partial charge in [0.2, 0.25) is 5.91 Å². The summed E-state index contributed by atoms with van der Waals surface area (Å²) in [7, 11) is 0. The fourth-order valence-corrected chi connectivity index (χ4v) is 2.72. The molecule has 6 nitrogen and oxygen atoms in total. The maximum Gasteiger partial charge on any atom is 0.310 e. The maximum atomic E-state index is 12.0. The summed E-state index contributed by atoms with van der Waals surface area (Å²) in [5, 5.41) is 11.9. The zero-order valence-corrected chi connectivity index (χ0v) is 12.0. The van der Waals surface area contributed by atoms with Crippen LogP contribution in [-0.2, 0) is 9.59 Å². The number of carboxylic acid groups (broad SMARTS) is 1. The molecule has 108 valence electrons. The summed E-state index contributed by atoms with van der Waals surface area (Å²) in [5.74, 6) is -1.28. The predicted octanol–water partition coefficient (Wildman–Crippen LogP) is 2.76. The molecular formula is C12H13Cl2N3O3. The Bertz CT molecular complexity index is 545. The van der Waals surface area contributed by atoms with Crippen LogP contribution in [0.25, 0.3) is 0 Å². The van der Waals surface area contributed by atoms with Gasteiger partial charge in [0.15, 0.2) is 11.0 Å². The number of amides is 1. The second-order valence-electron chi connectivity index (χ2n) is 4.84. The Morgan fingerprint density at radius 3 is 2.55 bits per heavy atom. The monoisotopic (exact) mass is 317 g/mol. The van der Waals surface area contributed by atoms with Gasteiger partial charge in [0.1, 0.15) is 11.3 Å². The second kappa shape index (κ2) is 5.93. The summed E-state index contributed by atoms with van der Waals surface area (Å²) in [6.45, 7) is 0. The van der Waals surface area contributed by atoms with E-state index in [9.17, 15) is 14.7 Å². The minimum absolute atomic E-state index is 0.0331. The first-order valence-corrected chi connectivity index (χ1v) is 6.89. The normalized spacial score (nSPS) is 16.9. The van der Waals surface area contributed by atoms with Gasteiger partial charge in [-0.1, -0.05) is 36.0 Å². The molecule has 1 saturated carbocycles. The molecule has 2 rings (SSSR count). The molecule has 0 atom stereocenters. The van der Waals surface area contributed by atoms with Crippen molar-refractivity contribution in [2.75, 3.05) is 5.32 Å². The average molecular weight is 318 g/mol. The van der Waals surface area contributed by atoms with Crippen LogP contribution >= 0.6 is 23.2 Å². The number of hydrogen-bond donors (Lipinski definition) is 2. The molecule has 1 aromatic heterocycles. The number of carbonyl (C=O) groups is 2. The van der Waals surface area contributed by atoms with E-state index < -0.39 is 17.3 Å². The van der Waals surface area contributed by atoms with Gasteiger partial charge in [0.25, 0.3) is 0 Å². The fourth-order valence-electron chi connectivity index (χ4n) is 2.44. The van der Waals surface area contributed by atoms with E-state index in [2.05, 4.69) is 15.3 Å². The summed E-state index contributed by atoms with van der Waals surface area (Å²) >= 11 is 11.6. The van der Waals surface area contributed by atoms with Gasteiger partial charge in [-0.25, -0.2) is 9.97 Å². The van der Waals surface area contributed by atoms with Crippen LogP contribution in [0.15, 0.2) is 6.33 Å². The number of carbonyl (C=O) groups excluding carboxylic acids is 1. The highest BCUT2D eigenvalue weighted by molar-refractivity contribution is 6.42.